The number of carboxylic acid groups (broad SMARTS) is 1. The van der Waals surface area contributed by atoms with Gasteiger partial charge in [0.05, 0.1) is 12.4 Å². The van der Waals surface area contributed by atoms with E-state index >= 15 is 0 Å². The largest absolute Gasteiger partial charge is 0.478 e. The van der Waals surface area contributed by atoms with Crippen LogP contribution in [0.3, 0.4) is 0 Å². The van der Waals surface area contributed by atoms with Crippen molar-refractivity contribution in [1.82, 2.24) is 19.7 Å². The molecule has 0 atom stereocenters. The Kier molecular flexibility index (Phi) is 3.33. The van der Waals surface area contributed by atoms with E-state index in [0.29, 0.717) is 11.3 Å². The highest BCUT2D eigenvalue weighted by Gasteiger charge is 2.02. The van der Waals surface area contributed by atoms with E-state index in [-0.39, 0.29) is 6.01 Å². The third-order valence-corrected chi connectivity index (χ3v) is 1.96. The average molecular weight is 246 g/mol. The Bertz CT molecular complexity index is 574. The number of carboxylic acids is 1. The van der Waals surface area contributed by atoms with Crippen molar-refractivity contribution in [2.45, 2.75) is 0 Å². The number of hydrogen-bond donors (Lipinski definition) is 1. The molecule has 0 aliphatic rings. The summed E-state index contributed by atoms with van der Waals surface area (Å²) in [4.78, 5) is 18.2. The number of aliphatic carboxylic acids is 1. The topological polar surface area (TPSA) is 90.1 Å². The number of carbonyl (C=O) groups is 1. The molecule has 0 spiro atoms. The summed E-state index contributed by atoms with van der Waals surface area (Å²) < 4.78 is 6.93. The molecular formula is C11H10N4O3. The molecule has 92 valence electrons. The molecule has 2 aromatic rings. The minimum absolute atomic E-state index is 0.176. The first-order valence-electron chi connectivity index (χ1n) is 5.03. The number of rotatable bonds is 4. The summed E-state index contributed by atoms with van der Waals surface area (Å²) in [5.74, 6) is -0.489. The van der Waals surface area contributed by atoms with Crippen LogP contribution in [0.1, 0.15) is 5.56 Å². The standard InChI is InChI=1S/C11H10N4O3/c1-15-7-9(6-14-15)18-11-12-4-8(5-13-11)2-3-10(16)17/h2-7H,1H3,(H,16,17)/b3-2+. The van der Waals surface area contributed by atoms with Crippen molar-refractivity contribution in [2.75, 3.05) is 0 Å². The lowest BCUT2D eigenvalue weighted by Gasteiger charge is -1.99. The Balaban J connectivity index is 2.06. The Morgan fingerprint density at radius 1 is 1.39 bits per heavy atom. The first kappa shape index (κ1) is 11.8. The van der Waals surface area contributed by atoms with Gasteiger partial charge in [-0.3, -0.25) is 4.68 Å². The van der Waals surface area contributed by atoms with Crippen LogP contribution in [0.2, 0.25) is 0 Å². The average Bonchev–Trinajstić information content (AvgIpc) is 2.74. The number of nitrogens with zero attached hydrogens (tertiary/aromatic N) is 4. The van der Waals surface area contributed by atoms with Gasteiger partial charge >= 0.3 is 12.0 Å². The Morgan fingerprint density at radius 2 is 2.11 bits per heavy atom. The van der Waals surface area contributed by atoms with Gasteiger partial charge in [-0.2, -0.15) is 5.10 Å². The molecule has 0 aliphatic carbocycles. The molecule has 0 aromatic carbocycles. The minimum atomic E-state index is -1.02. The van der Waals surface area contributed by atoms with E-state index in [4.69, 9.17) is 9.84 Å². The van der Waals surface area contributed by atoms with Crippen LogP contribution in [-0.4, -0.2) is 30.8 Å². The first-order valence-corrected chi connectivity index (χ1v) is 5.03. The van der Waals surface area contributed by atoms with Crippen LogP contribution in [0.5, 0.6) is 11.8 Å². The lowest BCUT2D eigenvalue weighted by atomic mass is 10.3. The van der Waals surface area contributed by atoms with Crippen LogP contribution in [0, 0.1) is 0 Å². The third kappa shape index (κ3) is 3.14. The lowest BCUT2D eigenvalue weighted by molar-refractivity contribution is -0.131. The molecule has 0 aliphatic heterocycles. The van der Waals surface area contributed by atoms with Crippen molar-refractivity contribution >= 4 is 12.0 Å². The second kappa shape index (κ2) is 5.09. The van der Waals surface area contributed by atoms with E-state index in [1.54, 1.807) is 24.1 Å². The summed E-state index contributed by atoms with van der Waals surface area (Å²) in [6, 6.07) is 0.176. The van der Waals surface area contributed by atoms with Crippen LogP contribution in [0.15, 0.2) is 30.9 Å². The number of aromatic nitrogens is 4. The Hall–Kier alpha value is -2.70. The van der Waals surface area contributed by atoms with E-state index < -0.39 is 5.97 Å². The molecule has 0 saturated carbocycles. The molecule has 2 heterocycles. The second-order valence-corrected chi connectivity index (χ2v) is 3.42. The Morgan fingerprint density at radius 3 is 2.67 bits per heavy atom. The smallest absolute Gasteiger partial charge is 0.328 e. The van der Waals surface area contributed by atoms with E-state index in [1.807, 2.05) is 0 Å². The summed E-state index contributed by atoms with van der Waals surface area (Å²) in [6.45, 7) is 0. The van der Waals surface area contributed by atoms with E-state index in [1.165, 1.54) is 18.5 Å². The quantitative estimate of drug-likeness (QED) is 0.812. The number of hydrogen-bond acceptors (Lipinski definition) is 5. The maximum atomic E-state index is 10.3. The predicted molar refractivity (Wildman–Crippen MR) is 62.0 cm³/mol. The van der Waals surface area contributed by atoms with Gasteiger partial charge in [0.1, 0.15) is 0 Å². The molecule has 0 amide bonds. The maximum Gasteiger partial charge on any atom is 0.328 e. The molecule has 1 N–H and O–H groups in total. The van der Waals surface area contributed by atoms with Crippen molar-refractivity contribution < 1.29 is 14.6 Å². The first-order chi connectivity index (χ1) is 8.63. The highest BCUT2D eigenvalue weighted by Crippen LogP contribution is 2.15. The summed E-state index contributed by atoms with van der Waals surface area (Å²) in [5, 5.41) is 12.4. The molecule has 7 nitrogen and oxygen atoms in total. The molecule has 2 rings (SSSR count). The fraction of sp³-hybridized carbons (Fsp3) is 0.0909. The number of ether oxygens (including phenoxy) is 1. The molecule has 7 heteroatoms. The van der Waals surface area contributed by atoms with Gasteiger partial charge in [-0.05, 0) is 6.08 Å². The van der Waals surface area contributed by atoms with Crippen LogP contribution < -0.4 is 4.74 Å². The van der Waals surface area contributed by atoms with E-state index in [0.717, 1.165) is 6.08 Å². The zero-order chi connectivity index (χ0) is 13.0. The minimum Gasteiger partial charge on any atom is -0.478 e. The fourth-order valence-electron chi connectivity index (χ4n) is 1.19. The van der Waals surface area contributed by atoms with E-state index in [9.17, 15) is 4.79 Å². The molecular weight excluding hydrogens is 236 g/mol. The predicted octanol–water partition coefficient (Wildman–Crippen LogP) is 1.10. The summed E-state index contributed by atoms with van der Waals surface area (Å²) in [6.07, 6.45) is 8.58. The van der Waals surface area contributed by atoms with E-state index in [2.05, 4.69) is 15.1 Å². The van der Waals surface area contributed by atoms with Crippen molar-refractivity contribution in [3.63, 3.8) is 0 Å². The molecule has 0 saturated heterocycles. The summed E-state index contributed by atoms with van der Waals surface area (Å²) in [7, 11) is 1.77. The van der Waals surface area contributed by atoms with Gasteiger partial charge < -0.3 is 9.84 Å². The molecule has 0 bridgehead atoms. The van der Waals surface area contributed by atoms with Crippen molar-refractivity contribution in [2.24, 2.45) is 7.05 Å². The normalized spacial score (nSPS) is 10.7. The van der Waals surface area contributed by atoms with Gasteiger partial charge in [-0.25, -0.2) is 14.8 Å². The van der Waals surface area contributed by atoms with Gasteiger partial charge in [0.15, 0.2) is 5.75 Å². The molecule has 2 aromatic heterocycles. The SMILES string of the molecule is Cn1cc(Oc2ncc(/C=C/C(=O)O)cn2)cn1. The molecule has 0 radical (unpaired) electrons. The summed E-state index contributed by atoms with van der Waals surface area (Å²) >= 11 is 0. The molecule has 18 heavy (non-hydrogen) atoms. The van der Waals surface area contributed by atoms with Crippen LogP contribution >= 0.6 is 0 Å². The van der Waals surface area contributed by atoms with Gasteiger partial charge in [-0.1, -0.05) is 0 Å². The Labute approximate surface area is 102 Å². The van der Waals surface area contributed by atoms with Crippen LogP contribution in [0.25, 0.3) is 6.08 Å². The van der Waals surface area contributed by atoms with Crippen LogP contribution in [-0.2, 0) is 11.8 Å². The zero-order valence-electron chi connectivity index (χ0n) is 9.52. The van der Waals surface area contributed by atoms with Gasteiger partial charge in [0.2, 0.25) is 0 Å². The molecule has 0 fully saturated rings. The van der Waals surface area contributed by atoms with Gasteiger partial charge in [-0.15, -0.1) is 0 Å². The van der Waals surface area contributed by atoms with Gasteiger partial charge in [0, 0.05) is 31.1 Å². The highest BCUT2D eigenvalue weighted by atomic mass is 16.5. The lowest BCUT2D eigenvalue weighted by Crippen LogP contribution is -1.92. The third-order valence-electron chi connectivity index (χ3n) is 1.96. The maximum absolute atomic E-state index is 10.3. The van der Waals surface area contributed by atoms with Crippen molar-refractivity contribution in [1.29, 1.82) is 0 Å². The summed E-state index contributed by atoms with van der Waals surface area (Å²) in [5.41, 5.74) is 0.580. The van der Waals surface area contributed by atoms with Crippen molar-refractivity contribution in [3.8, 4) is 11.8 Å². The monoisotopic (exact) mass is 246 g/mol. The number of aryl methyl sites for hydroxylation is 1. The van der Waals surface area contributed by atoms with Crippen molar-refractivity contribution in [3.05, 3.63) is 36.4 Å². The fourth-order valence-corrected chi connectivity index (χ4v) is 1.19. The highest BCUT2D eigenvalue weighted by molar-refractivity contribution is 5.85. The zero-order valence-corrected chi connectivity index (χ0v) is 9.52. The second-order valence-electron chi connectivity index (χ2n) is 3.42. The van der Waals surface area contributed by atoms with Gasteiger partial charge in [0.25, 0.3) is 0 Å². The molecule has 0 unspecified atom stereocenters. The van der Waals surface area contributed by atoms with Crippen LogP contribution in [0.4, 0.5) is 0 Å².